The lowest BCUT2D eigenvalue weighted by molar-refractivity contribution is 0.240. The van der Waals surface area contributed by atoms with E-state index in [1.54, 1.807) is 30.5 Å². The van der Waals surface area contributed by atoms with Gasteiger partial charge in [-0.05, 0) is 78.1 Å². The molecule has 3 heterocycles. The fourth-order valence-corrected chi connectivity index (χ4v) is 5.86. The molecule has 1 fully saturated rings. The number of fused-ring (bicyclic) bond motifs is 1. The highest BCUT2D eigenvalue weighted by molar-refractivity contribution is 7.90. The monoisotopic (exact) mass is 572 g/mol. The molecule has 0 saturated carbocycles. The molecular weight excluding hydrogens is 540 g/mol. The quantitative estimate of drug-likeness (QED) is 0.330. The molecular formula is C31H32N4O5S. The van der Waals surface area contributed by atoms with E-state index in [4.69, 9.17) is 9.47 Å². The molecule has 0 bridgehead atoms. The molecule has 0 aliphatic carbocycles. The predicted molar refractivity (Wildman–Crippen MR) is 156 cm³/mol. The second-order valence-electron chi connectivity index (χ2n) is 10.6. The maximum absolute atomic E-state index is 12.8. The topological polar surface area (TPSA) is 103 Å². The van der Waals surface area contributed by atoms with Crippen molar-refractivity contribution < 1.29 is 22.7 Å². The summed E-state index contributed by atoms with van der Waals surface area (Å²) in [4.78, 5) is 19.9. The maximum Gasteiger partial charge on any atom is 0.326 e. The number of benzene rings is 3. The van der Waals surface area contributed by atoms with Crippen molar-refractivity contribution in [1.82, 2.24) is 14.9 Å². The van der Waals surface area contributed by atoms with Gasteiger partial charge in [0.1, 0.15) is 24.4 Å². The van der Waals surface area contributed by atoms with Crippen LogP contribution in [0.3, 0.4) is 0 Å². The summed E-state index contributed by atoms with van der Waals surface area (Å²) < 4.78 is 36.2. The van der Waals surface area contributed by atoms with Gasteiger partial charge in [0.25, 0.3) is 0 Å². The number of carbonyl (C=O) groups is 1. The lowest BCUT2D eigenvalue weighted by Crippen LogP contribution is -2.33. The van der Waals surface area contributed by atoms with E-state index in [-0.39, 0.29) is 10.9 Å². The van der Waals surface area contributed by atoms with E-state index in [9.17, 15) is 13.2 Å². The first-order valence-corrected chi connectivity index (χ1v) is 15.6. The van der Waals surface area contributed by atoms with E-state index < -0.39 is 9.84 Å². The van der Waals surface area contributed by atoms with E-state index in [0.29, 0.717) is 30.5 Å². The van der Waals surface area contributed by atoms with Gasteiger partial charge in [0, 0.05) is 49.8 Å². The Morgan fingerprint density at radius 1 is 1.10 bits per heavy atom. The summed E-state index contributed by atoms with van der Waals surface area (Å²) in [5.74, 6) is 2.06. The Labute approximate surface area is 239 Å². The average molecular weight is 573 g/mol. The van der Waals surface area contributed by atoms with Crippen molar-refractivity contribution >= 4 is 21.6 Å². The normalized spacial score (nSPS) is 16.3. The average Bonchev–Trinajstić information content (AvgIpc) is 3.75. The van der Waals surface area contributed by atoms with Gasteiger partial charge in [-0.25, -0.2) is 18.2 Å². The van der Waals surface area contributed by atoms with E-state index >= 15 is 0 Å². The SMILES string of the molecule is CS(=O)(=O)c1ccc(COc2ccc(-c3cn(C(=O)NCC4CCN(c5ccc6c(c5)CCO6)C4)cn3)cc2)cc1. The zero-order valence-electron chi connectivity index (χ0n) is 22.8. The fraction of sp³-hybridized carbons (Fsp3) is 0.290. The Morgan fingerprint density at radius 3 is 2.68 bits per heavy atom. The minimum absolute atomic E-state index is 0.196. The van der Waals surface area contributed by atoms with Crippen LogP contribution in [-0.4, -0.2) is 56.5 Å². The molecule has 0 spiro atoms. The first-order valence-electron chi connectivity index (χ1n) is 13.7. The molecule has 1 aromatic heterocycles. The Balaban J connectivity index is 0.986. The molecule has 2 aliphatic heterocycles. The highest BCUT2D eigenvalue weighted by atomic mass is 32.2. The predicted octanol–water partition coefficient (Wildman–Crippen LogP) is 4.55. The summed E-state index contributed by atoms with van der Waals surface area (Å²) in [6.45, 7) is 3.58. The molecule has 1 saturated heterocycles. The maximum atomic E-state index is 12.8. The molecule has 1 N–H and O–H groups in total. The molecule has 9 nitrogen and oxygen atoms in total. The Bertz CT molecular complexity index is 1650. The van der Waals surface area contributed by atoms with E-state index in [1.165, 1.54) is 28.4 Å². The number of sulfone groups is 1. The molecule has 3 aromatic carbocycles. The Kier molecular flexibility index (Phi) is 7.40. The van der Waals surface area contributed by atoms with Crippen LogP contribution in [0.5, 0.6) is 11.5 Å². The van der Waals surface area contributed by atoms with Gasteiger partial charge in [0.05, 0.1) is 17.2 Å². The number of aromatic nitrogens is 2. The van der Waals surface area contributed by atoms with Crippen LogP contribution in [0.1, 0.15) is 17.5 Å². The summed E-state index contributed by atoms with van der Waals surface area (Å²) >= 11 is 0. The summed E-state index contributed by atoms with van der Waals surface area (Å²) in [7, 11) is -3.22. The Hall–Kier alpha value is -4.31. The molecule has 10 heteroatoms. The highest BCUT2D eigenvalue weighted by Gasteiger charge is 2.24. The van der Waals surface area contributed by atoms with Gasteiger partial charge in [-0.2, -0.15) is 0 Å². The van der Waals surface area contributed by atoms with E-state index in [2.05, 4.69) is 33.4 Å². The lowest BCUT2D eigenvalue weighted by Gasteiger charge is -2.19. The van der Waals surface area contributed by atoms with Crippen LogP contribution in [0.25, 0.3) is 11.3 Å². The number of carbonyl (C=O) groups excluding carboxylic acids is 1. The van der Waals surface area contributed by atoms with Crippen molar-refractivity contribution in [3.8, 4) is 22.8 Å². The van der Waals surface area contributed by atoms with Crippen molar-refractivity contribution in [3.63, 3.8) is 0 Å². The smallest absolute Gasteiger partial charge is 0.326 e. The summed E-state index contributed by atoms with van der Waals surface area (Å²) in [5, 5.41) is 3.06. The summed E-state index contributed by atoms with van der Waals surface area (Å²) in [5.41, 5.74) is 4.93. The first-order chi connectivity index (χ1) is 19.8. The molecule has 0 radical (unpaired) electrons. The number of hydrogen-bond donors (Lipinski definition) is 1. The molecule has 6 rings (SSSR count). The number of imidazole rings is 1. The molecule has 4 aromatic rings. The molecule has 1 unspecified atom stereocenters. The van der Waals surface area contributed by atoms with Crippen LogP contribution in [0.15, 0.2) is 84.1 Å². The summed E-state index contributed by atoms with van der Waals surface area (Å²) in [6, 6.07) is 20.4. The largest absolute Gasteiger partial charge is 0.493 e. The zero-order chi connectivity index (χ0) is 28.4. The van der Waals surface area contributed by atoms with Gasteiger partial charge in [-0.15, -0.1) is 0 Å². The lowest BCUT2D eigenvalue weighted by atomic mass is 10.1. The number of nitrogens with one attached hydrogen (secondary N) is 1. The van der Waals surface area contributed by atoms with Crippen LogP contribution < -0.4 is 19.7 Å². The molecule has 41 heavy (non-hydrogen) atoms. The molecule has 1 amide bonds. The van der Waals surface area contributed by atoms with Crippen LogP contribution in [0, 0.1) is 5.92 Å². The zero-order valence-corrected chi connectivity index (χ0v) is 23.6. The van der Waals surface area contributed by atoms with E-state index in [0.717, 1.165) is 49.4 Å². The number of amides is 1. The van der Waals surface area contributed by atoms with Crippen molar-refractivity contribution in [2.45, 2.75) is 24.3 Å². The Morgan fingerprint density at radius 2 is 1.90 bits per heavy atom. The first kappa shape index (κ1) is 26.9. The third-order valence-corrected chi connectivity index (χ3v) is 8.72. The third kappa shape index (κ3) is 6.22. The van der Waals surface area contributed by atoms with Crippen LogP contribution in [0.2, 0.25) is 0 Å². The van der Waals surface area contributed by atoms with Gasteiger partial charge >= 0.3 is 6.03 Å². The van der Waals surface area contributed by atoms with Crippen molar-refractivity contribution in [3.05, 3.63) is 90.4 Å². The highest BCUT2D eigenvalue weighted by Crippen LogP contribution is 2.32. The molecule has 212 valence electrons. The van der Waals surface area contributed by atoms with E-state index in [1.807, 2.05) is 24.3 Å². The number of ether oxygens (including phenoxy) is 2. The fourth-order valence-electron chi connectivity index (χ4n) is 5.23. The van der Waals surface area contributed by atoms with Crippen molar-refractivity contribution in [1.29, 1.82) is 0 Å². The van der Waals surface area contributed by atoms with Gasteiger partial charge < -0.3 is 19.7 Å². The van der Waals surface area contributed by atoms with Gasteiger partial charge in [-0.1, -0.05) is 12.1 Å². The number of hydrogen-bond acceptors (Lipinski definition) is 7. The second-order valence-corrected chi connectivity index (χ2v) is 12.6. The number of anilines is 1. The number of rotatable bonds is 8. The van der Waals surface area contributed by atoms with Crippen LogP contribution in [0.4, 0.5) is 10.5 Å². The minimum Gasteiger partial charge on any atom is -0.493 e. The van der Waals surface area contributed by atoms with Crippen molar-refractivity contribution in [2.75, 3.05) is 37.4 Å². The third-order valence-electron chi connectivity index (χ3n) is 7.59. The van der Waals surface area contributed by atoms with Gasteiger partial charge in [0.15, 0.2) is 9.84 Å². The van der Waals surface area contributed by atoms with Crippen LogP contribution >= 0.6 is 0 Å². The van der Waals surface area contributed by atoms with Crippen molar-refractivity contribution in [2.24, 2.45) is 5.92 Å². The van der Waals surface area contributed by atoms with Gasteiger partial charge in [-0.3, -0.25) is 4.57 Å². The standard InChI is InChI=1S/C31H32N4O5S/c1-41(37,38)28-9-2-22(3-10-28)20-40-27-7-4-24(5-8-27)29-19-35(21-33-29)31(36)32-17-23-12-14-34(18-23)26-6-11-30-25(16-26)13-15-39-30/h2-11,16,19,21,23H,12-15,17-18,20H2,1H3,(H,32,36). The molecule has 2 aliphatic rings. The van der Waals surface area contributed by atoms with Crippen LogP contribution in [-0.2, 0) is 22.9 Å². The molecule has 1 atom stereocenters. The second kappa shape index (κ2) is 11.3. The summed E-state index contributed by atoms with van der Waals surface area (Å²) in [6.07, 6.45) is 6.44. The minimum atomic E-state index is -3.22. The van der Waals surface area contributed by atoms with Gasteiger partial charge in [0.2, 0.25) is 0 Å². The number of nitrogens with zero attached hydrogens (tertiary/aromatic N) is 3.